The molecule has 0 aliphatic heterocycles. The van der Waals surface area contributed by atoms with Gasteiger partial charge in [-0.15, -0.1) is 0 Å². The molecule has 0 aliphatic carbocycles. The summed E-state index contributed by atoms with van der Waals surface area (Å²) in [6.07, 6.45) is 2.22. The van der Waals surface area contributed by atoms with E-state index < -0.39 is 0 Å². The van der Waals surface area contributed by atoms with E-state index in [-0.39, 0.29) is 0 Å². The van der Waals surface area contributed by atoms with Crippen LogP contribution in [-0.2, 0) is 6.42 Å². The Balaban J connectivity index is 2.54. The quantitative estimate of drug-likeness (QED) is 0.766. The Morgan fingerprint density at radius 3 is 2.05 bits per heavy atom. The molecule has 19 heavy (non-hydrogen) atoms. The maximum atomic E-state index is 4.63. The monoisotopic (exact) mass is 263 g/mol. The van der Waals surface area contributed by atoms with E-state index in [9.17, 15) is 0 Å². The van der Waals surface area contributed by atoms with Crippen molar-refractivity contribution >= 4 is 0 Å². The predicted molar refractivity (Wildman–Crippen MR) is 81.6 cm³/mol. The predicted octanol–water partition coefficient (Wildman–Crippen LogP) is 3.40. The van der Waals surface area contributed by atoms with Crippen LogP contribution in [0.25, 0.3) is 0 Å². The fourth-order valence-electron chi connectivity index (χ4n) is 2.17. The van der Waals surface area contributed by atoms with Crippen LogP contribution in [0.1, 0.15) is 62.8 Å². The van der Waals surface area contributed by atoms with Crippen molar-refractivity contribution < 1.29 is 0 Å². The first kappa shape index (κ1) is 16.1. The highest BCUT2D eigenvalue weighted by molar-refractivity contribution is 5.25. The minimum atomic E-state index is 0.402. The maximum absolute atomic E-state index is 4.63. The number of rotatable bonds is 7. The van der Waals surface area contributed by atoms with Crippen molar-refractivity contribution in [1.29, 1.82) is 0 Å². The topological polar surface area (TPSA) is 37.8 Å². The fourth-order valence-corrected chi connectivity index (χ4v) is 2.17. The van der Waals surface area contributed by atoms with Gasteiger partial charge in [0, 0.05) is 17.3 Å². The minimum Gasteiger partial charge on any atom is -0.316 e. The molecule has 0 atom stereocenters. The zero-order chi connectivity index (χ0) is 14.4. The highest BCUT2D eigenvalue weighted by Gasteiger charge is 2.10. The molecule has 0 fully saturated rings. The number of nitrogens with one attached hydrogen (secondary N) is 1. The number of nitrogens with zero attached hydrogens (tertiary/aromatic N) is 2. The van der Waals surface area contributed by atoms with Crippen molar-refractivity contribution in [2.75, 3.05) is 13.1 Å². The summed E-state index contributed by atoms with van der Waals surface area (Å²) < 4.78 is 0. The van der Waals surface area contributed by atoms with E-state index in [4.69, 9.17) is 0 Å². The molecular weight excluding hydrogens is 234 g/mol. The Kier molecular flexibility index (Phi) is 6.43. The molecule has 0 unspecified atom stereocenters. The Morgan fingerprint density at radius 2 is 1.58 bits per heavy atom. The standard InChI is InChI=1S/C16H29N3/c1-11(2)10-17-9-7-8-15-13(5)18-16(12(3)4)19-14(15)6/h11-12,17H,7-10H2,1-6H3. The first-order chi connectivity index (χ1) is 8.91. The normalized spacial score (nSPS) is 11.6. The molecule has 0 saturated carbocycles. The van der Waals surface area contributed by atoms with E-state index in [2.05, 4.69) is 56.8 Å². The summed E-state index contributed by atoms with van der Waals surface area (Å²) in [6.45, 7) is 15.1. The van der Waals surface area contributed by atoms with E-state index in [0.29, 0.717) is 5.92 Å². The zero-order valence-electron chi connectivity index (χ0n) is 13.4. The van der Waals surface area contributed by atoms with Crippen molar-refractivity contribution in [1.82, 2.24) is 15.3 Å². The molecule has 0 amide bonds. The molecule has 108 valence electrons. The Labute approximate surface area is 118 Å². The highest BCUT2D eigenvalue weighted by atomic mass is 14.9. The number of aryl methyl sites for hydroxylation is 2. The number of hydrogen-bond acceptors (Lipinski definition) is 3. The molecule has 0 bridgehead atoms. The summed E-state index contributed by atoms with van der Waals surface area (Å²) in [5.74, 6) is 2.09. The minimum absolute atomic E-state index is 0.402. The molecule has 3 heteroatoms. The van der Waals surface area contributed by atoms with Crippen molar-refractivity contribution in [3.8, 4) is 0 Å². The van der Waals surface area contributed by atoms with Crippen LogP contribution < -0.4 is 5.32 Å². The van der Waals surface area contributed by atoms with Crippen molar-refractivity contribution in [3.05, 3.63) is 22.8 Å². The first-order valence-corrected chi connectivity index (χ1v) is 7.46. The van der Waals surface area contributed by atoms with Gasteiger partial charge in [0.05, 0.1) is 0 Å². The lowest BCUT2D eigenvalue weighted by Crippen LogP contribution is -2.21. The molecule has 1 rings (SSSR count). The van der Waals surface area contributed by atoms with E-state index in [1.165, 1.54) is 5.56 Å². The summed E-state index contributed by atoms with van der Waals surface area (Å²) in [4.78, 5) is 9.26. The van der Waals surface area contributed by atoms with Gasteiger partial charge in [0.2, 0.25) is 0 Å². The zero-order valence-corrected chi connectivity index (χ0v) is 13.4. The molecule has 1 aromatic heterocycles. The second-order valence-corrected chi connectivity index (χ2v) is 6.09. The van der Waals surface area contributed by atoms with E-state index >= 15 is 0 Å². The van der Waals surface area contributed by atoms with Gasteiger partial charge in [0.15, 0.2) is 0 Å². The smallest absolute Gasteiger partial charge is 0.131 e. The second-order valence-electron chi connectivity index (χ2n) is 6.09. The average molecular weight is 263 g/mol. The van der Waals surface area contributed by atoms with Gasteiger partial charge in [0.25, 0.3) is 0 Å². The summed E-state index contributed by atoms with van der Waals surface area (Å²) in [5.41, 5.74) is 3.64. The third-order valence-corrected chi connectivity index (χ3v) is 3.29. The third-order valence-electron chi connectivity index (χ3n) is 3.29. The molecule has 1 aromatic rings. The summed E-state index contributed by atoms with van der Waals surface area (Å²) >= 11 is 0. The van der Waals surface area contributed by atoms with E-state index in [1.807, 2.05) is 0 Å². The van der Waals surface area contributed by atoms with Crippen LogP contribution in [0.2, 0.25) is 0 Å². The lowest BCUT2D eigenvalue weighted by atomic mass is 10.1. The second kappa shape index (κ2) is 7.59. The van der Waals surface area contributed by atoms with Crippen LogP contribution >= 0.6 is 0 Å². The fraction of sp³-hybridized carbons (Fsp3) is 0.750. The van der Waals surface area contributed by atoms with Gasteiger partial charge in [-0.2, -0.15) is 0 Å². The van der Waals surface area contributed by atoms with Crippen LogP contribution in [0.5, 0.6) is 0 Å². The Morgan fingerprint density at radius 1 is 1.00 bits per heavy atom. The van der Waals surface area contributed by atoms with Crippen molar-refractivity contribution in [2.45, 2.75) is 60.3 Å². The maximum Gasteiger partial charge on any atom is 0.131 e. The van der Waals surface area contributed by atoms with Gasteiger partial charge in [-0.05, 0) is 51.3 Å². The van der Waals surface area contributed by atoms with Crippen LogP contribution in [0.15, 0.2) is 0 Å². The largest absolute Gasteiger partial charge is 0.316 e. The van der Waals surface area contributed by atoms with Crippen LogP contribution in [0, 0.1) is 19.8 Å². The molecule has 0 aliphatic rings. The summed E-state index contributed by atoms with van der Waals surface area (Å²) in [7, 11) is 0. The molecule has 0 aromatic carbocycles. The molecular formula is C16H29N3. The molecule has 0 radical (unpaired) electrons. The summed E-state index contributed by atoms with van der Waals surface area (Å²) in [6, 6.07) is 0. The average Bonchev–Trinajstić information content (AvgIpc) is 2.30. The van der Waals surface area contributed by atoms with Gasteiger partial charge >= 0.3 is 0 Å². The van der Waals surface area contributed by atoms with E-state index in [1.54, 1.807) is 0 Å². The number of aromatic nitrogens is 2. The van der Waals surface area contributed by atoms with Gasteiger partial charge < -0.3 is 5.32 Å². The van der Waals surface area contributed by atoms with E-state index in [0.717, 1.165) is 49.1 Å². The number of hydrogen-bond donors (Lipinski definition) is 1. The van der Waals surface area contributed by atoms with Gasteiger partial charge in [-0.1, -0.05) is 27.7 Å². The first-order valence-electron chi connectivity index (χ1n) is 7.46. The van der Waals surface area contributed by atoms with Crippen LogP contribution in [0.4, 0.5) is 0 Å². The SMILES string of the molecule is Cc1nc(C(C)C)nc(C)c1CCCNCC(C)C. The Bertz CT molecular complexity index is 374. The van der Waals surface area contributed by atoms with Crippen molar-refractivity contribution in [3.63, 3.8) is 0 Å². The molecule has 0 saturated heterocycles. The lowest BCUT2D eigenvalue weighted by Gasteiger charge is -2.13. The molecule has 1 N–H and O–H groups in total. The molecule has 0 spiro atoms. The highest BCUT2D eigenvalue weighted by Crippen LogP contribution is 2.16. The van der Waals surface area contributed by atoms with Gasteiger partial charge in [-0.25, -0.2) is 9.97 Å². The molecule has 1 heterocycles. The Hall–Kier alpha value is -0.960. The summed E-state index contributed by atoms with van der Waals surface area (Å²) in [5, 5.41) is 3.48. The van der Waals surface area contributed by atoms with Crippen LogP contribution in [-0.4, -0.2) is 23.1 Å². The van der Waals surface area contributed by atoms with Crippen LogP contribution in [0.3, 0.4) is 0 Å². The van der Waals surface area contributed by atoms with Gasteiger partial charge in [-0.3, -0.25) is 0 Å². The third kappa shape index (κ3) is 5.27. The lowest BCUT2D eigenvalue weighted by molar-refractivity contribution is 0.542. The van der Waals surface area contributed by atoms with Crippen molar-refractivity contribution in [2.24, 2.45) is 5.92 Å². The van der Waals surface area contributed by atoms with Gasteiger partial charge in [0.1, 0.15) is 5.82 Å². The molecule has 3 nitrogen and oxygen atoms in total.